The van der Waals surface area contributed by atoms with E-state index in [0.717, 1.165) is 45.4 Å². The third-order valence-electron chi connectivity index (χ3n) is 8.31. The molecule has 0 aliphatic carbocycles. The second-order valence-corrected chi connectivity index (χ2v) is 11.5. The van der Waals surface area contributed by atoms with Crippen molar-refractivity contribution in [1.29, 1.82) is 0 Å². The van der Waals surface area contributed by atoms with Crippen molar-refractivity contribution in [3.8, 4) is 0 Å². The van der Waals surface area contributed by atoms with Crippen molar-refractivity contribution in [3.63, 3.8) is 0 Å². The van der Waals surface area contributed by atoms with Gasteiger partial charge >= 0.3 is 0 Å². The van der Waals surface area contributed by atoms with E-state index in [4.69, 9.17) is 9.97 Å². The summed E-state index contributed by atoms with van der Waals surface area (Å²) in [6, 6.07) is 15.7. The van der Waals surface area contributed by atoms with E-state index in [9.17, 15) is 8.78 Å². The van der Waals surface area contributed by atoms with Gasteiger partial charge in [0.2, 0.25) is 0 Å². The Morgan fingerprint density at radius 1 is 0.475 bits per heavy atom. The van der Waals surface area contributed by atoms with Gasteiger partial charge < -0.3 is 0 Å². The van der Waals surface area contributed by atoms with Gasteiger partial charge in [-0.3, -0.25) is 0 Å². The van der Waals surface area contributed by atoms with Crippen LogP contribution in [0.1, 0.15) is 102 Å². The van der Waals surface area contributed by atoms with Gasteiger partial charge in [0, 0.05) is 22.9 Å². The quantitative estimate of drug-likeness (QED) is 0.0795. The zero-order valence-corrected chi connectivity index (χ0v) is 24.2. The molecular formula is C36H42F2N2. The SMILES string of the molecule is CCCCCCCCc1ccc2c3ccc(CCCCCCCC)cc3c3nc4cc(F)c(F)cc4nc3c2c1. The van der Waals surface area contributed by atoms with E-state index >= 15 is 0 Å². The third kappa shape index (κ3) is 6.43. The molecule has 4 heteroatoms. The highest BCUT2D eigenvalue weighted by Gasteiger charge is 2.15. The van der Waals surface area contributed by atoms with Crippen LogP contribution in [0.25, 0.3) is 43.6 Å². The molecule has 5 rings (SSSR count). The molecule has 210 valence electrons. The maximum atomic E-state index is 14.2. The van der Waals surface area contributed by atoms with E-state index in [2.05, 4.69) is 50.2 Å². The molecule has 0 unspecified atom stereocenters. The minimum Gasteiger partial charge on any atom is -0.244 e. The first-order valence-electron chi connectivity index (χ1n) is 15.5. The van der Waals surface area contributed by atoms with Crippen molar-refractivity contribution in [2.75, 3.05) is 0 Å². The van der Waals surface area contributed by atoms with E-state index in [0.29, 0.717) is 11.0 Å². The van der Waals surface area contributed by atoms with Gasteiger partial charge in [-0.05, 0) is 59.7 Å². The fraction of sp³-hybridized carbons (Fsp3) is 0.444. The van der Waals surface area contributed by atoms with Crippen molar-refractivity contribution in [2.24, 2.45) is 0 Å². The molecule has 40 heavy (non-hydrogen) atoms. The van der Waals surface area contributed by atoms with Crippen LogP contribution in [-0.4, -0.2) is 9.97 Å². The Morgan fingerprint density at radius 2 is 0.875 bits per heavy atom. The molecule has 0 radical (unpaired) electrons. The summed E-state index contributed by atoms with van der Waals surface area (Å²) in [6.45, 7) is 4.49. The van der Waals surface area contributed by atoms with Crippen molar-refractivity contribution < 1.29 is 8.78 Å². The van der Waals surface area contributed by atoms with Gasteiger partial charge in [0.25, 0.3) is 0 Å². The lowest BCUT2D eigenvalue weighted by molar-refractivity contribution is 0.510. The maximum Gasteiger partial charge on any atom is 0.161 e. The Labute approximate surface area is 237 Å². The van der Waals surface area contributed by atoms with Crippen molar-refractivity contribution in [3.05, 3.63) is 71.3 Å². The average Bonchev–Trinajstić information content (AvgIpc) is 2.96. The first-order valence-corrected chi connectivity index (χ1v) is 15.5. The second-order valence-electron chi connectivity index (χ2n) is 11.5. The Morgan fingerprint density at radius 3 is 1.30 bits per heavy atom. The largest absolute Gasteiger partial charge is 0.244 e. The Hall–Kier alpha value is -3.14. The van der Waals surface area contributed by atoms with Crippen LogP contribution in [0, 0.1) is 11.6 Å². The third-order valence-corrected chi connectivity index (χ3v) is 8.31. The summed E-state index contributed by atoms with van der Waals surface area (Å²) in [6.07, 6.45) is 17.2. The Bertz CT molecular complexity index is 1490. The van der Waals surface area contributed by atoms with Crippen molar-refractivity contribution in [2.45, 2.75) is 104 Å². The summed E-state index contributed by atoms with van der Waals surface area (Å²) in [5, 5.41) is 4.34. The lowest BCUT2D eigenvalue weighted by Gasteiger charge is -2.13. The summed E-state index contributed by atoms with van der Waals surface area (Å²) in [7, 11) is 0. The van der Waals surface area contributed by atoms with Crippen LogP contribution in [0.2, 0.25) is 0 Å². The zero-order chi connectivity index (χ0) is 27.9. The highest BCUT2D eigenvalue weighted by Crippen LogP contribution is 2.36. The standard InChI is InChI=1S/C36H42F2N2/c1-3-5-7-9-11-13-15-25-17-19-27-28-20-18-26(16-14-12-10-8-6-4-2)22-30(28)36-35(29(27)21-25)39-33-23-31(37)32(38)24-34(33)40-36/h17-24H,3-16H2,1-2H3. The first kappa shape index (κ1) is 28.4. The van der Waals surface area contributed by atoms with Gasteiger partial charge in [0.05, 0.1) is 22.1 Å². The van der Waals surface area contributed by atoms with Gasteiger partial charge in [0.15, 0.2) is 11.6 Å². The van der Waals surface area contributed by atoms with Crippen LogP contribution in [0.4, 0.5) is 8.78 Å². The highest BCUT2D eigenvalue weighted by molar-refractivity contribution is 6.24. The van der Waals surface area contributed by atoms with E-state index < -0.39 is 11.6 Å². The first-order chi connectivity index (χ1) is 19.6. The number of benzene rings is 4. The summed E-state index contributed by atoms with van der Waals surface area (Å²) < 4.78 is 28.3. The molecule has 1 heterocycles. The smallest absolute Gasteiger partial charge is 0.161 e. The number of fused-ring (bicyclic) bond motifs is 7. The maximum absolute atomic E-state index is 14.2. The minimum atomic E-state index is -0.892. The van der Waals surface area contributed by atoms with E-state index in [-0.39, 0.29) is 0 Å². The lowest BCUT2D eigenvalue weighted by Crippen LogP contribution is -1.96. The van der Waals surface area contributed by atoms with E-state index in [1.165, 1.54) is 100 Å². The molecule has 5 aromatic rings. The molecule has 0 spiro atoms. The summed E-state index contributed by atoms with van der Waals surface area (Å²) >= 11 is 0. The molecule has 0 N–H and O–H groups in total. The molecule has 1 aromatic heterocycles. The number of rotatable bonds is 14. The molecule has 0 amide bonds. The summed E-state index contributed by atoms with van der Waals surface area (Å²) in [4.78, 5) is 9.79. The molecule has 4 aromatic carbocycles. The van der Waals surface area contributed by atoms with Gasteiger partial charge in [-0.25, -0.2) is 18.7 Å². The number of hydrogen-bond acceptors (Lipinski definition) is 2. The van der Waals surface area contributed by atoms with Crippen LogP contribution in [0.3, 0.4) is 0 Å². The fourth-order valence-corrected chi connectivity index (χ4v) is 6.00. The topological polar surface area (TPSA) is 25.8 Å². The van der Waals surface area contributed by atoms with Crippen LogP contribution < -0.4 is 0 Å². The molecule has 0 atom stereocenters. The normalized spacial score (nSPS) is 11.9. The molecule has 0 saturated carbocycles. The number of halogens is 2. The lowest BCUT2D eigenvalue weighted by atomic mass is 9.94. The Kier molecular flexibility index (Phi) is 9.57. The van der Waals surface area contributed by atoms with Crippen molar-refractivity contribution >= 4 is 43.6 Å². The molecule has 0 aliphatic rings. The van der Waals surface area contributed by atoms with Gasteiger partial charge in [-0.2, -0.15) is 0 Å². The van der Waals surface area contributed by atoms with Gasteiger partial charge in [0.1, 0.15) is 0 Å². The van der Waals surface area contributed by atoms with Crippen molar-refractivity contribution in [1.82, 2.24) is 9.97 Å². The predicted molar refractivity (Wildman–Crippen MR) is 166 cm³/mol. The highest BCUT2D eigenvalue weighted by atomic mass is 19.2. The molecule has 0 aliphatic heterocycles. The number of nitrogens with zero attached hydrogens (tertiary/aromatic N) is 2. The molecule has 0 bridgehead atoms. The van der Waals surface area contributed by atoms with Crippen LogP contribution in [-0.2, 0) is 12.8 Å². The van der Waals surface area contributed by atoms with Gasteiger partial charge in [-0.15, -0.1) is 0 Å². The second kappa shape index (κ2) is 13.5. The van der Waals surface area contributed by atoms with E-state index in [1.54, 1.807) is 0 Å². The predicted octanol–water partition coefficient (Wildman–Crippen LogP) is 11.2. The van der Waals surface area contributed by atoms with Crippen LogP contribution >= 0.6 is 0 Å². The minimum absolute atomic E-state index is 0.386. The molecular weight excluding hydrogens is 498 g/mol. The molecule has 0 saturated heterocycles. The summed E-state index contributed by atoms with van der Waals surface area (Å²) in [5.74, 6) is -1.78. The molecule has 0 fully saturated rings. The van der Waals surface area contributed by atoms with Crippen LogP contribution in [0.15, 0.2) is 48.5 Å². The number of aromatic nitrogens is 2. The monoisotopic (exact) mass is 540 g/mol. The van der Waals surface area contributed by atoms with E-state index in [1.807, 2.05) is 0 Å². The number of aryl methyl sites for hydroxylation is 2. The average molecular weight is 541 g/mol. The fourth-order valence-electron chi connectivity index (χ4n) is 6.00. The summed E-state index contributed by atoms with van der Waals surface area (Å²) in [5.41, 5.74) is 4.88. The molecule has 2 nitrogen and oxygen atoms in total. The Balaban J connectivity index is 1.54. The number of unbranched alkanes of at least 4 members (excludes halogenated alkanes) is 10. The van der Waals surface area contributed by atoms with Gasteiger partial charge in [-0.1, -0.05) is 102 Å². The number of hydrogen-bond donors (Lipinski definition) is 0. The zero-order valence-electron chi connectivity index (χ0n) is 24.2. The van der Waals surface area contributed by atoms with Crippen LogP contribution in [0.5, 0.6) is 0 Å².